The largest absolute Gasteiger partial charge is 2.00 e. The molecule has 3 heteroatoms. The van der Waals surface area contributed by atoms with Gasteiger partial charge in [-0.15, -0.1) is 18.7 Å². The van der Waals surface area contributed by atoms with Gasteiger partial charge in [0.05, 0.1) is 0 Å². The van der Waals surface area contributed by atoms with Crippen molar-refractivity contribution in [2.45, 2.75) is 0 Å². The Balaban J connectivity index is 0. The van der Waals surface area contributed by atoms with Crippen molar-refractivity contribution in [3.8, 4) is 0 Å². The number of rotatable bonds is 0. The summed E-state index contributed by atoms with van der Waals surface area (Å²) in [5, 5.41) is 0. The molecule has 0 spiro atoms. The predicted molar refractivity (Wildman–Crippen MR) is 44.1 cm³/mol. The number of anilines is 1. The second-order valence-corrected chi connectivity index (χ2v) is 1.62. The van der Waals surface area contributed by atoms with E-state index in [1.807, 2.05) is 0 Å². The maximum absolute atomic E-state index is 5.34. The zero-order valence-electron chi connectivity index (χ0n) is 6.33. The molecule has 0 saturated carbocycles. The van der Waals surface area contributed by atoms with E-state index in [9.17, 15) is 0 Å². The molecular formula is C8H12N2V. The van der Waals surface area contributed by atoms with Crippen molar-refractivity contribution in [3.63, 3.8) is 0 Å². The predicted octanol–water partition coefficient (Wildman–Crippen LogP) is 0.846. The van der Waals surface area contributed by atoms with Crippen LogP contribution in [0.2, 0.25) is 0 Å². The van der Waals surface area contributed by atoms with Crippen molar-refractivity contribution in [1.82, 2.24) is 0 Å². The number of hydrogen-bond donors (Lipinski definition) is 2. The molecule has 0 unspecified atom stereocenters. The van der Waals surface area contributed by atoms with Gasteiger partial charge >= 0.3 is 18.6 Å². The van der Waals surface area contributed by atoms with Crippen LogP contribution in [0.15, 0.2) is 24.3 Å². The molecule has 4 N–H and O–H groups in total. The topological polar surface area (TPSA) is 52.0 Å². The number of hydrogen-bond acceptors (Lipinski definition) is 2. The average molecular weight is 187 g/mol. The summed E-state index contributed by atoms with van der Waals surface area (Å²) < 4.78 is 0. The van der Waals surface area contributed by atoms with E-state index in [1.54, 1.807) is 24.3 Å². The van der Waals surface area contributed by atoms with E-state index < -0.39 is 0 Å². The van der Waals surface area contributed by atoms with Crippen LogP contribution in [0.3, 0.4) is 0 Å². The smallest absolute Gasteiger partial charge is 0.419 e. The number of nitrogens with two attached hydrogens (primary N) is 2. The van der Waals surface area contributed by atoms with Crippen LogP contribution in [-0.2, 0) is 18.6 Å². The fourth-order valence-electron chi connectivity index (χ4n) is 0.400. The van der Waals surface area contributed by atoms with Crippen molar-refractivity contribution in [1.29, 1.82) is 0 Å². The summed E-state index contributed by atoms with van der Waals surface area (Å²) >= 11 is 0. The molecule has 0 saturated heterocycles. The summed E-state index contributed by atoms with van der Waals surface area (Å²) in [6, 6.07) is 10.0. The molecule has 0 aliphatic carbocycles. The molecule has 1 aromatic carbocycles. The average Bonchev–Trinajstić information content (AvgIpc) is 1.91. The van der Waals surface area contributed by atoms with Gasteiger partial charge in [0.25, 0.3) is 0 Å². The van der Waals surface area contributed by atoms with Gasteiger partial charge in [0.15, 0.2) is 0 Å². The first-order valence-corrected chi connectivity index (χ1v) is 3.02. The van der Waals surface area contributed by atoms with Crippen LogP contribution in [0, 0.1) is 13.0 Å². The normalized spacial score (nSPS) is 7.09. The second-order valence-electron chi connectivity index (χ2n) is 1.62. The maximum Gasteiger partial charge on any atom is 2.00 e. The quantitative estimate of drug-likeness (QED) is 0.467. The third kappa shape index (κ3) is 9.56. The maximum atomic E-state index is 5.34. The molecule has 1 rings (SSSR count). The Morgan fingerprint density at radius 2 is 1.73 bits per heavy atom. The summed E-state index contributed by atoms with van der Waals surface area (Å²) in [7, 11) is 0. The SMILES string of the molecule is Nc1cc[c-]cc1.[CH2-]CN.[V+2]. The van der Waals surface area contributed by atoms with Crippen molar-refractivity contribution in [2.75, 3.05) is 12.3 Å². The molecule has 0 bridgehead atoms. The molecule has 0 fully saturated rings. The summed E-state index contributed by atoms with van der Waals surface area (Å²) in [6.07, 6.45) is 0. The van der Waals surface area contributed by atoms with Crippen LogP contribution >= 0.6 is 0 Å². The molecule has 0 aliphatic heterocycles. The summed E-state index contributed by atoms with van der Waals surface area (Å²) in [5.41, 5.74) is 10.9. The van der Waals surface area contributed by atoms with E-state index in [2.05, 4.69) is 13.0 Å². The van der Waals surface area contributed by atoms with Gasteiger partial charge < -0.3 is 18.4 Å². The van der Waals surface area contributed by atoms with Crippen molar-refractivity contribution >= 4 is 5.69 Å². The third-order valence-electron chi connectivity index (χ3n) is 0.744. The Hall–Kier alpha value is -0.436. The zero-order valence-corrected chi connectivity index (χ0v) is 7.72. The van der Waals surface area contributed by atoms with E-state index in [0.29, 0.717) is 6.54 Å². The molecule has 1 aromatic rings. The minimum absolute atomic E-state index is 0. The Bertz CT molecular complexity index is 153. The van der Waals surface area contributed by atoms with Gasteiger partial charge in [0.1, 0.15) is 0 Å². The Kier molecular flexibility index (Phi) is 11.5. The van der Waals surface area contributed by atoms with Crippen LogP contribution < -0.4 is 11.5 Å². The second kappa shape index (κ2) is 9.56. The van der Waals surface area contributed by atoms with Gasteiger partial charge in [-0.25, -0.2) is 0 Å². The van der Waals surface area contributed by atoms with Gasteiger partial charge in [-0.05, 0) is 0 Å². The number of nitrogen functional groups attached to an aromatic ring is 1. The first-order valence-electron chi connectivity index (χ1n) is 3.02. The van der Waals surface area contributed by atoms with Crippen LogP contribution in [-0.4, -0.2) is 6.54 Å². The van der Waals surface area contributed by atoms with Crippen LogP contribution in [0.1, 0.15) is 0 Å². The first kappa shape index (κ1) is 13.2. The summed E-state index contributed by atoms with van der Waals surface area (Å²) in [4.78, 5) is 0. The molecular weight excluding hydrogens is 175 g/mol. The molecule has 0 atom stereocenters. The number of benzene rings is 1. The monoisotopic (exact) mass is 187 g/mol. The van der Waals surface area contributed by atoms with Gasteiger partial charge in [0.2, 0.25) is 0 Å². The molecule has 0 aromatic heterocycles. The fraction of sp³-hybridized carbons (Fsp3) is 0.125. The van der Waals surface area contributed by atoms with E-state index in [1.165, 1.54) is 0 Å². The first-order chi connectivity index (χ1) is 4.81. The Labute approximate surface area is 79.9 Å². The van der Waals surface area contributed by atoms with E-state index in [4.69, 9.17) is 11.5 Å². The molecule has 59 valence electrons. The van der Waals surface area contributed by atoms with E-state index >= 15 is 0 Å². The van der Waals surface area contributed by atoms with Crippen LogP contribution in [0.25, 0.3) is 0 Å². The molecule has 0 heterocycles. The summed E-state index contributed by atoms with van der Waals surface area (Å²) in [5.74, 6) is 0. The van der Waals surface area contributed by atoms with Gasteiger partial charge in [-0.2, -0.15) is 18.2 Å². The van der Waals surface area contributed by atoms with E-state index in [-0.39, 0.29) is 18.6 Å². The molecule has 0 aliphatic rings. The van der Waals surface area contributed by atoms with Gasteiger partial charge in [-0.1, -0.05) is 5.69 Å². The van der Waals surface area contributed by atoms with Crippen molar-refractivity contribution in [2.24, 2.45) is 5.73 Å². The van der Waals surface area contributed by atoms with Crippen LogP contribution in [0.5, 0.6) is 0 Å². The van der Waals surface area contributed by atoms with Crippen molar-refractivity contribution < 1.29 is 18.6 Å². The third-order valence-corrected chi connectivity index (χ3v) is 0.744. The van der Waals surface area contributed by atoms with E-state index in [0.717, 1.165) is 5.69 Å². The standard InChI is InChI=1S/C6H6N.C2H6N.V/c7-6-4-2-1-3-5-6;1-2-3;/h2-5H,7H2;1-3H2;/q2*-1;+2. The summed E-state index contributed by atoms with van der Waals surface area (Å²) in [6.45, 7) is 3.76. The van der Waals surface area contributed by atoms with Gasteiger partial charge in [-0.3, -0.25) is 0 Å². The Morgan fingerprint density at radius 1 is 1.36 bits per heavy atom. The molecule has 2 nitrogen and oxygen atoms in total. The van der Waals surface area contributed by atoms with Crippen molar-refractivity contribution in [3.05, 3.63) is 37.3 Å². The molecule has 11 heavy (non-hydrogen) atoms. The Morgan fingerprint density at radius 3 is 1.91 bits per heavy atom. The minimum atomic E-state index is 0. The molecule has 1 radical (unpaired) electrons. The minimum Gasteiger partial charge on any atom is -0.419 e. The van der Waals surface area contributed by atoms with Crippen LogP contribution in [0.4, 0.5) is 5.69 Å². The van der Waals surface area contributed by atoms with Gasteiger partial charge in [0, 0.05) is 0 Å². The zero-order chi connectivity index (χ0) is 7.82. The fourth-order valence-corrected chi connectivity index (χ4v) is 0.400. The molecule has 0 amide bonds.